The van der Waals surface area contributed by atoms with Crippen LogP contribution >= 0.6 is 11.6 Å². The zero-order valence-corrected chi connectivity index (χ0v) is 11.2. The van der Waals surface area contributed by atoms with E-state index in [4.69, 9.17) is 22.6 Å². The Kier molecular flexibility index (Phi) is 4.05. The lowest BCUT2D eigenvalue weighted by Gasteiger charge is -2.39. The number of nitrogens with zero attached hydrogens (tertiary/aromatic N) is 3. The molecule has 0 amide bonds. The fraction of sp³-hybridized carbons (Fsp3) is 0.538. The van der Waals surface area contributed by atoms with Gasteiger partial charge in [0, 0.05) is 24.8 Å². The molecule has 1 aromatic rings. The van der Waals surface area contributed by atoms with Gasteiger partial charge in [0.15, 0.2) is 0 Å². The third-order valence-corrected chi connectivity index (χ3v) is 3.79. The molecular formula is C13H17ClN4. The summed E-state index contributed by atoms with van der Waals surface area (Å²) in [6.45, 7) is 2.90. The molecule has 1 aliphatic rings. The predicted molar refractivity (Wildman–Crippen MR) is 72.6 cm³/mol. The highest BCUT2D eigenvalue weighted by atomic mass is 35.5. The van der Waals surface area contributed by atoms with Crippen LogP contribution in [0.5, 0.6) is 0 Å². The third-order valence-electron chi connectivity index (χ3n) is 3.42. The molecule has 1 aliphatic heterocycles. The summed E-state index contributed by atoms with van der Waals surface area (Å²) in [5, 5.41) is 9.45. The normalized spacial score (nSPS) is 21.4. The maximum absolute atomic E-state index is 9.01. The summed E-state index contributed by atoms with van der Waals surface area (Å²) in [5.74, 6) is 0.692. The van der Waals surface area contributed by atoms with Gasteiger partial charge in [0.05, 0.1) is 5.56 Å². The van der Waals surface area contributed by atoms with Gasteiger partial charge >= 0.3 is 0 Å². The molecule has 1 aromatic heterocycles. The minimum Gasteiger partial charge on any atom is -0.351 e. The van der Waals surface area contributed by atoms with Gasteiger partial charge in [-0.05, 0) is 32.3 Å². The zero-order chi connectivity index (χ0) is 13.1. The second kappa shape index (κ2) is 5.55. The number of hydrogen-bond acceptors (Lipinski definition) is 4. The Morgan fingerprint density at radius 2 is 2.39 bits per heavy atom. The lowest BCUT2D eigenvalue weighted by Crippen LogP contribution is -2.49. The Morgan fingerprint density at radius 3 is 3.06 bits per heavy atom. The zero-order valence-electron chi connectivity index (χ0n) is 10.4. The summed E-state index contributed by atoms with van der Waals surface area (Å²) >= 11 is 6.24. The minimum atomic E-state index is 0.0638. The molecule has 2 heterocycles. The lowest BCUT2D eigenvalue weighted by atomic mass is 9.97. The molecule has 0 bridgehead atoms. The second-order valence-corrected chi connectivity index (χ2v) is 5.10. The summed E-state index contributed by atoms with van der Waals surface area (Å²) in [7, 11) is 0. The summed E-state index contributed by atoms with van der Waals surface area (Å²) in [6.07, 6.45) is 4.97. The Bertz CT molecular complexity index is 467. The Balaban J connectivity index is 2.37. The third kappa shape index (κ3) is 2.43. The number of nitriles is 1. The maximum atomic E-state index is 9.01. The van der Waals surface area contributed by atoms with Crippen molar-refractivity contribution in [2.45, 2.75) is 38.3 Å². The first-order valence-corrected chi connectivity index (χ1v) is 6.59. The molecule has 2 atom stereocenters. The molecule has 18 heavy (non-hydrogen) atoms. The minimum absolute atomic E-state index is 0.0638. The highest BCUT2D eigenvalue weighted by molar-refractivity contribution is 6.34. The molecule has 4 nitrogen and oxygen atoms in total. The molecular weight excluding hydrogens is 248 g/mol. The molecule has 2 unspecified atom stereocenters. The summed E-state index contributed by atoms with van der Waals surface area (Å²) in [6, 6.07) is 4.04. The molecule has 96 valence electrons. The van der Waals surface area contributed by atoms with Gasteiger partial charge in [0.2, 0.25) is 0 Å². The lowest BCUT2D eigenvalue weighted by molar-refractivity contribution is 0.411. The van der Waals surface area contributed by atoms with Crippen LogP contribution in [0, 0.1) is 11.3 Å². The number of halogens is 1. The van der Waals surface area contributed by atoms with Gasteiger partial charge in [0.25, 0.3) is 0 Å². The number of piperidine rings is 1. The van der Waals surface area contributed by atoms with Crippen molar-refractivity contribution in [3.05, 3.63) is 22.8 Å². The molecule has 1 fully saturated rings. The van der Waals surface area contributed by atoms with Crippen LogP contribution in [0.25, 0.3) is 0 Å². The molecule has 0 radical (unpaired) electrons. The van der Waals surface area contributed by atoms with Gasteiger partial charge in [0.1, 0.15) is 16.9 Å². The van der Waals surface area contributed by atoms with Crippen molar-refractivity contribution in [2.75, 3.05) is 11.4 Å². The van der Waals surface area contributed by atoms with E-state index in [1.54, 1.807) is 12.3 Å². The summed E-state index contributed by atoms with van der Waals surface area (Å²) in [5.41, 5.74) is 6.51. The topological polar surface area (TPSA) is 65.9 Å². The molecule has 0 aliphatic carbocycles. The monoisotopic (exact) mass is 264 g/mol. The van der Waals surface area contributed by atoms with Crippen LogP contribution in [0.2, 0.25) is 5.02 Å². The van der Waals surface area contributed by atoms with Gasteiger partial charge in [-0.15, -0.1) is 0 Å². The van der Waals surface area contributed by atoms with Gasteiger partial charge in [-0.3, -0.25) is 0 Å². The van der Waals surface area contributed by atoms with Crippen molar-refractivity contribution in [3.8, 4) is 6.07 Å². The van der Waals surface area contributed by atoms with Crippen molar-refractivity contribution in [1.82, 2.24) is 4.98 Å². The van der Waals surface area contributed by atoms with Crippen LogP contribution in [-0.2, 0) is 0 Å². The number of pyridine rings is 1. The largest absolute Gasteiger partial charge is 0.351 e. The van der Waals surface area contributed by atoms with Gasteiger partial charge in [-0.1, -0.05) is 11.6 Å². The molecule has 0 aromatic carbocycles. The van der Waals surface area contributed by atoms with Crippen LogP contribution in [0.3, 0.4) is 0 Å². The van der Waals surface area contributed by atoms with Crippen LogP contribution in [-0.4, -0.2) is 23.6 Å². The first-order chi connectivity index (χ1) is 8.65. The summed E-state index contributed by atoms with van der Waals surface area (Å²) < 4.78 is 0. The van der Waals surface area contributed by atoms with E-state index < -0.39 is 0 Å². The van der Waals surface area contributed by atoms with Crippen LogP contribution in [0.15, 0.2) is 12.3 Å². The second-order valence-electron chi connectivity index (χ2n) is 4.72. The fourth-order valence-electron chi connectivity index (χ4n) is 2.49. The highest BCUT2D eigenvalue weighted by Crippen LogP contribution is 2.31. The number of nitrogens with two attached hydrogens (primary N) is 1. The molecule has 2 rings (SSSR count). The first-order valence-electron chi connectivity index (χ1n) is 6.22. The standard InChI is InChI=1S/C13H17ClN4/c1-9(16)11-4-2-3-7-18(11)13-12(14)10(8-15)5-6-17-13/h5-6,9,11H,2-4,7,16H2,1H3. The van der Waals surface area contributed by atoms with Crippen LogP contribution < -0.4 is 10.6 Å². The van der Waals surface area contributed by atoms with Crippen molar-refractivity contribution in [2.24, 2.45) is 5.73 Å². The van der Waals surface area contributed by atoms with E-state index in [9.17, 15) is 0 Å². The first kappa shape index (κ1) is 13.1. The fourth-order valence-corrected chi connectivity index (χ4v) is 2.75. The van der Waals surface area contributed by atoms with Gasteiger partial charge < -0.3 is 10.6 Å². The molecule has 2 N–H and O–H groups in total. The van der Waals surface area contributed by atoms with Crippen LogP contribution in [0.1, 0.15) is 31.7 Å². The van der Waals surface area contributed by atoms with Crippen LogP contribution in [0.4, 0.5) is 5.82 Å². The van der Waals surface area contributed by atoms with Gasteiger partial charge in [-0.25, -0.2) is 4.98 Å². The number of aromatic nitrogens is 1. The van der Waals surface area contributed by atoms with Crippen molar-refractivity contribution >= 4 is 17.4 Å². The van der Waals surface area contributed by atoms with Gasteiger partial charge in [-0.2, -0.15) is 5.26 Å². The number of rotatable bonds is 2. The van der Waals surface area contributed by atoms with Crippen molar-refractivity contribution < 1.29 is 0 Å². The Labute approximate surface area is 112 Å². The molecule has 5 heteroatoms. The Hall–Kier alpha value is -1.31. The number of hydrogen-bond donors (Lipinski definition) is 1. The van der Waals surface area contributed by atoms with E-state index in [1.165, 1.54) is 6.42 Å². The molecule has 1 saturated heterocycles. The van der Waals surface area contributed by atoms with E-state index in [0.717, 1.165) is 19.4 Å². The molecule has 0 saturated carbocycles. The van der Waals surface area contributed by atoms with E-state index in [0.29, 0.717) is 16.4 Å². The highest BCUT2D eigenvalue weighted by Gasteiger charge is 2.28. The SMILES string of the molecule is CC(N)C1CCCCN1c1nccc(C#N)c1Cl. The van der Waals surface area contributed by atoms with Crippen molar-refractivity contribution in [3.63, 3.8) is 0 Å². The van der Waals surface area contributed by atoms with E-state index in [1.807, 2.05) is 6.92 Å². The average Bonchev–Trinajstić information content (AvgIpc) is 2.39. The predicted octanol–water partition coefficient (Wildman–Crippen LogP) is 2.31. The average molecular weight is 265 g/mol. The maximum Gasteiger partial charge on any atom is 0.149 e. The quantitative estimate of drug-likeness (QED) is 0.890. The smallest absolute Gasteiger partial charge is 0.149 e. The van der Waals surface area contributed by atoms with E-state index in [2.05, 4.69) is 16.0 Å². The molecule has 0 spiro atoms. The Morgan fingerprint density at radius 1 is 1.61 bits per heavy atom. The summed E-state index contributed by atoms with van der Waals surface area (Å²) in [4.78, 5) is 6.48. The van der Waals surface area contributed by atoms with E-state index in [-0.39, 0.29) is 12.1 Å². The van der Waals surface area contributed by atoms with E-state index >= 15 is 0 Å². The van der Waals surface area contributed by atoms with Crippen molar-refractivity contribution in [1.29, 1.82) is 5.26 Å². The number of anilines is 1.